The van der Waals surface area contributed by atoms with Crippen molar-refractivity contribution in [1.82, 2.24) is 0 Å². The van der Waals surface area contributed by atoms with Gasteiger partial charge in [-0.1, -0.05) is 0 Å². The van der Waals surface area contributed by atoms with Crippen molar-refractivity contribution in [3.05, 3.63) is 25.7 Å². The highest BCUT2D eigenvalue weighted by atomic mass is 127. The first-order valence-electron chi connectivity index (χ1n) is 2.99. The van der Waals surface area contributed by atoms with E-state index in [1.807, 2.05) is 12.1 Å². The molecule has 0 aromatic heterocycles. The first-order valence-corrected chi connectivity index (χ1v) is 4.86. The fourth-order valence-corrected chi connectivity index (χ4v) is 2.39. The lowest BCUT2D eigenvalue weighted by atomic mass is 10.2. The van der Waals surface area contributed by atoms with Crippen molar-refractivity contribution >= 4 is 44.2 Å². The molecule has 4 heteroatoms. The van der Waals surface area contributed by atoms with E-state index in [2.05, 4.69) is 38.5 Å². The fraction of sp³-hybridized carbons (Fsp3) is 0.143. The van der Waals surface area contributed by atoms with E-state index in [0.717, 1.165) is 13.6 Å². The Morgan fingerprint density at radius 1 is 1.55 bits per heavy atom. The molecule has 1 rings (SSSR count). The number of nitrogens with two attached hydrogens (primary N) is 1. The molecule has 60 valence electrons. The highest BCUT2D eigenvalue weighted by Crippen LogP contribution is 2.26. The second-order valence-electron chi connectivity index (χ2n) is 2.12. The van der Waals surface area contributed by atoms with Crippen molar-refractivity contribution in [2.75, 3.05) is 5.73 Å². The molecule has 0 aliphatic rings. The Labute approximate surface area is 87.1 Å². The zero-order valence-electron chi connectivity index (χ0n) is 5.64. The molecule has 2 nitrogen and oxygen atoms in total. The quantitative estimate of drug-likeness (QED) is 0.613. The van der Waals surface area contributed by atoms with E-state index in [1.165, 1.54) is 0 Å². The molecule has 0 aliphatic heterocycles. The average molecular weight is 328 g/mol. The van der Waals surface area contributed by atoms with Crippen LogP contribution in [-0.2, 0) is 6.61 Å². The molecule has 0 bridgehead atoms. The van der Waals surface area contributed by atoms with E-state index in [9.17, 15) is 0 Å². The second kappa shape index (κ2) is 3.73. The van der Waals surface area contributed by atoms with Gasteiger partial charge in [0.1, 0.15) is 0 Å². The second-order valence-corrected chi connectivity index (χ2v) is 4.22. The third-order valence-electron chi connectivity index (χ3n) is 1.35. The van der Waals surface area contributed by atoms with Gasteiger partial charge in [0.15, 0.2) is 0 Å². The van der Waals surface area contributed by atoms with Gasteiger partial charge in [0, 0.05) is 13.6 Å². The predicted octanol–water partition coefficient (Wildman–Crippen LogP) is 2.13. The summed E-state index contributed by atoms with van der Waals surface area (Å²) in [6, 6.07) is 3.77. The van der Waals surface area contributed by atoms with E-state index >= 15 is 0 Å². The van der Waals surface area contributed by atoms with Gasteiger partial charge in [-0.2, -0.15) is 0 Å². The molecular weight excluding hydrogens is 321 g/mol. The van der Waals surface area contributed by atoms with Crippen LogP contribution in [0.1, 0.15) is 5.56 Å². The van der Waals surface area contributed by atoms with Crippen LogP contribution in [0.4, 0.5) is 5.69 Å². The molecule has 3 N–H and O–H groups in total. The van der Waals surface area contributed by atoms with Crippen molar-refractivity contribution in [2.24, 2.45) is 0 Å². The molecule has 0 spiro atoms. The van der Waals surface area contributed by atoms with Crippen LogP contribution >= 0.6 is 38.5 Å². The standard InChI is InChI=1S/C7H7BrINO/c8-6-2-5(9)1-4(3-11)7(6)10/h1-2,11H,3,10H2. The first-order chi connectivity index (χ1) is 5.15. The van der Waals surface area contributed by atoms with Gasteiger partial charge >= 0.3 is 0 Å². The number of benzene rings is 1. The lowest BCUT2D eigenvalue weighted by molar-refractivity contribution is 0.282. The summed E-state index contributed by atoms with van der Waals surface area (Å²) in [5.41, 5.74) is 7.04. The summed E-state index contributed by atoms with van der Waals surface area (Å²) in [6.45, 7) is -0.0126. The van der Waals surface area contributed by atoms with Crippen molar-refractivity contribution in [2.45, 2.75) is 6.61 Å². The van der Waals surface area contributed by atoms with Crippen molar-refractivity contribution in [3.63, 3.8) is 0 Å². The fourth-order valence-electron chi connectivity index (χ4n) is 0.769. The highest BCUT2D eigenvalue weighted by molar-refractivity contribution is 14.1. The smallest absolute Gasteiger partial charge is 0.0702 e. The minimum absolute atomic E-state index is 0.0126. The SMILES string of the molecule is Nc1c(Br)cc(I)cc1CO. The molecule has 0 aliphatic carbocycles. The van der Waals surface area contributed by atoms with Gasteiger partial charge in [-0.25, -0.2) is 0 Å². The monoisotopic (exact) mass is 327 g/mol. The Morgan fingerprint density at radius 3 is 2.73 bits per heavy atom. The van der Waals surface area contributed by atoms with Gasteiger partial charge < -0.3 is 10.8 Å². The van der Waals surface area contributed by atoms with Crippen LogP contribution in [0.2, 0.25) is 0 Å². The number of hydrogen-bond acceptors (Lipinski definition) is 2. The highest BCUT2D eigenvalue weighted by Gasteiger charge is 2.02. The lowest BCUT2D eigenvalue weighted by Gasteiger charge is -2.04. The Bertz CT molecular complexity index is 277. The number of rotatable bonds is 1. The predicted molar refractivity (Wildman–Crippen MR) is 57.2 cm³/mol. The summed E-state index contributed by atoms with van der Waals surface area (Å²) in [4.78, 5) is 0. The largest absolute Gasteiger partial charge is 0.398 e. The minimum atomic E-state index is -0.0126. The third-order valence-corrected chi connectivity index (χ3v) is 2.63. The third kappa shape index (κ3) is 2.07. The Morgan fingerprint density at radius 2 is 2.18 bits per heavy atom. The molecule has 0 atom stereocenters. The van der Waals surface area contributed by atoms with Crippen LogP contribution in [0.25, 0.3) is 0 Å². The number of anilines is 1. The summed E-state index contributed by atoms with van der Waals surface area (Å²) >= 11 is 5.47. The Hall–Kier alpha value is 0.190. The summed E-state index contributed by atoms with van der Waals surface area (Å²) in [7, 11) is 0. The van der Waals surface area contributed by atoms with Crippen molar-refractivity contribution in [3.8, 4) is 0 Å². The van der Waals surface area contributed by atoms with E-state index in [0.29, 0.717) is 5.69 Å². The van der Waals surface area contributed by atoms with Crippen molar-refractivity contribution < 1.29 is 5.11 Å². The number of nitrogen functional groups attached to an aromatic ring is 1. The summed E-state index contributed by atoms with van der Waals surface area (Å²) in [5.74, 6) is 0. The summed E-state index contributed by atoms with van der Waals surface area (Å²) in [6.07, 6.45) is 0. The van der Waals surface area contributed by atoms with Gasteiger partial charge in [0.05, 0.1) is 12.3 Å². The van der Waals surface area contributed by atoms with E-state index < -0.39 is 0 Å². The first kappa shape index (κ1) is 9.28. The van der Waals surface area contributed by atoms with Gasteiger partial charge in [0.25, 0.3) is 0 Å². The van der Waals surface area contributed by atoms with Crippen LogP contribution in [0.15, 0.2) is 16.6 Å². The van der Waals surface area contributed by atoms with Gasteiger partial charge in [0.2, 0.25) is 0 Å². The molecule has 0 saturated heterocycles. The molecule has 11 heavy (non-hydrogen) atoms. The zero-order valence-corrected chi connectivity index (χ0v) is 9.39. The molecule has 1 aromatic rings. The van der Waals surface area contributed by atoms with Crippen LogP contribution in [0.5, 0.6) is 0 Å². The van der Waals surface area contributed by atoms with Gasteiger partial charge in [-0.3, -0.25) is 0 Å². The zero-order chi connectivity index (χ0) is 8.43. The van der Waals surface area contributed by atoms with E-state index in [-0.39, 0.29) is 6.61 Å². The van der Waals surface area contributed by atoms with Gasteiger partial charge in [-0.15, -0.1) is 0 Å². The number of halogens is 2. The molecule has 0 radical (unpaired) electrons. The number of aliphatic hydroxyl groups is 1. The maximum Gasteiger partial charge on any atom is 0.0702 e. The molecule has 1 aromatic carbocycles. The van der Waals surface area contributed by atoms with E-state index in [4.69, 9.17) is 10.8 Å². The molecule has 0 amide bonds. The summed E-state index contributed by atoms with van der Waals surface area (Å²) in [5, 5.41) is 8.86. The summed E-state index contributed by atoms with van der Waals surface area (Å²) < 4.78 is 1.90. The van der Waals surface area contributed by atoms with Crippen LogP contribution in [0, 0.1) is 3.57 Å². The van der Waals surface area contributed by atoms with Crippen LogP contribution in [-0.4, -0.2) is 5.11 Å². The van der Waals surface area contributed by atoms with Crippen LogP contribution in [0.3, 0.4) is 0 Å². The lowest BCUT2D eigenvalue weighted by Crippen LogP contribution is -1.95. The molecular formula is C7H7BrINO. The number of aliphatic hydroxyl groups excluding tert-OH is 1. The maximum absolute atomic E-state index is 8.86. The Kier molecular flexibility index (Phi) is 3.15. The minimum Gasteiger partial charge on any atom is -0.398 e. The normalized spacial score (nSPS) is 10.1. The molecule has 0 unspecified atom stereocenters. The molecule has 0 fully saturated rings. The van der Waals surface area contributed by atoms with Crippen molar-refractivity contribution in [1.29, 1.82) is 0 Å². The molecule has 0 heterocycles. The molecule has 0 saturated carbocycles. The average Bonchev–Trinajstić information content (AvgIpc) is 1.96. The topological polar surface area (TPSA) is 46.2 Å². The maximum atomic E-state index is 8.86. The number of hydrogen-bond donors (Lipinski definition) is 2. The Balaban J connectivity index is 3.24. The van der Waals surface area contributed by atoms with Gasteiger partial charge in [-0.05, 0) is 50.7 Å². The van der Waals surface area contributed by atoms with Crippen LogP contribution < -0.4 is 5.73 Å². The van der Waals surface area contributed by atoms with E-state index in [1.54, 1.807) is 0 Å².